The van der Waals surface area contributed by atoms with E-state index < -0.39 is 17.7 Å². The largest absolute Gasteiger partial charge is 0.507 e. The first-order chi connectivity index (χ1) is 19.0. The van der Waals surface area contributed by atoms with Gasteiger partial charge >= 0.3 is 0 Å². The summed E-state index contributed by atoms with van der Waals surface area (Å²) >= 11 is 0. The van der Waals surface area contributed by atoms with E-state index in [1.54, 1.807) is 42.9 Å². The van der Waals surface area contributed by atoms with Crippen molar-refractivity contribution < 1.29 is 38.4 Å². The predicted octanol–water partition coefficient (Wildman–Crippen LogP) is 3.19. The molecule has 0 saturated carbocycles. The molecule has 39 heavy (non-hydrogen) atoms. The smallest absolute Gasteiger partial charge is 0.295 e. The van der Waals surface area contributed by atoms with Gasteiger partial charge in [0.1, 0.15) is 19.0 Å². The van der Waals surface area contributed by atoms with E-state index >= 15 is 0 Å². The molecule has 0 bridgehead atoms. The molecular formula is C28H29N3O8. The van der Waals surface area contributed by atoms with Crippen LogP contribution in [0.4, 0.5) is 0 Å². The van der Waals surface area contributed by atoms with Crippen LogP contribution in [0.5, 0.6) is 28.7 Å². The van der Waals surface area contributed by atoms with Crippen molar-refractivity contribution in [3.63, 3.8) is 0 Å². The van der Waals surface area contributed by atoms with Gasteiger partial charge < -0.3 is 38.3 Å². The van der Waals surface area contributed by atoms with E-state index in [4.69, 9.17) is 23.7 Å². The number of rotatable bonds is 9. The maximum Gasteiger partial charge on any atom is 0.295 e. The number of ether oxygens (including phenoxy) is 5. The Labute approximate surface area is 225 Å². The Balaban J connectivity index is 1.61. The fourth-order valence-corrected chi connectivity index (χ4v) is 4.91. The minimum atomic E-state index is -0.908. The minimum Gasteiger partial charge on any atom is -0.507 e. The van der Waals surface area contributed by atoms with Crippen molar-refractivity contribution in [3.05, 3.63) is 65.8 Å². The van der Waals surface area contributed by atoms with Crippen molar-refractivity contribution in [2.75, 3.05) is 41.1 Å². The molecule has 0 radical (unpaired) electrons. The van der Waals surface area contributed by atoms with Crippen molar-refractivity contribution >= 4 is 17.4 Å². The van der Waals surface area contributed by atoms with Crippen molar-refractivity contribution in [1.29, 1.82) is 0 Å². The average Bonchev–Trinajstić information content (AvgIpc) is 3.58. The standard InChI is InChI=1S/C28H29N3O8/c1-35-21-14-18(15-22(36-2)27(21)37-3)24-23(25(32)17-5-6-19-20(13-17)39-12-11-38-19)26(33)28(34)31(24)9-4-8-30-10-7-29-16-30/h5-7,10,13-16,24,32H,4,8-9,11-12H2,1-3H3/t24-/m0/s1. The summed E-state index contributed by atoms with van der Waals surface area (Å²) in [5.74, 6) is 0.254. The molecule has 204 valence electrons. The lowest BCUT2D eigenvalue weighted by atomic mass is 9.94. The molecule has 0 spiro atoms. The molecular weight excluding hydrogens is 506 g/mol. The average molecular weight is 536 g/mol. The van der Waals surface area contributed by atoms with Crippen molar-refractivity contribution in [2.45, 2.75) is 19.0 Å². The molecule has 0 unspecified atom stereocenters. The number of carbonyl (C=O) groups is 2. The molecule has 3 aromatic rings. The fraction of sp³-hybridized carbons (Fsp3) is 0.321. The molecule has 2 aromatic carbocycles. The van der Waals surface area contributed by atoms with E-state index in [1.807, 2.05) is 10.8 Å². The molecule has 1 atom stereocenters. The first-order valence-corrected chi connectivity index (χ1v) is 12.4. The SMILES string of the molecule is COc1cc([C@H]2C(=C(O)c3ccc4c(c3)OCCO4)C(=O)C(=O)N2CCCn2ccnc2)cc(OC)c1OC. The van der Waals surface area contributed by atoms with Gasteiger partial charge in [-0.2, -0.15) is 0 Å². The highest BCUT2D eigenvalue weighted by molar-refractivity contribution is 6.46. The molecule has 1 amide bonds. The number of Topliss-reactive ketones (excluding diaryl/α,β-unsaturated/α-hetero) is 1. The van der Waals surface area contributed by atoms with Crippen LogP contribution < -0.4 is 23.7 Å². The molecule has 1 N–H and O–H groups in total. The number of hydrogen-bond donors (Lipinski definition) is 1. The Kier molecular flexibility index (Phi) is 7.31. The summed E-state index contributed by atoms with van der Waals surface area (Å²) in [6.45, 7) is 1.63. The summed E-state index contributed by atoms with van der Waals surface area (Å²) in [4.78, 5) is 32.3. The second-order valence-corrected chi connectivity index (χ2v) is 8.96. The normalized spacial score (nSPS) is 17.8. The van der Waals surface area contributed by atoms with Gasteiger partial charge in [0.05, 0.1) is 39.3 Å². The predicted molar refractivity (Wildman–Crippen MR) is 139 cm³/mol. The monoisotopic (exact) mass is 535 g/mol. The number of carbonyl (C=O) groups excluding carboxylic acids is 2. The highest BCUT2D eigenvalue weighted by Crippen LogP contribution is 2.46. The number of aliphatic hydroxyl groups excluding tert-OH is 1. The van der Waals surface area contributed by atoms with Crippen LogP contribution in [0, 0.1) is 0 Å². The zero-order chi connectivity index (χ0) is 27.5. The van der Waals surface area contributed by atoms with Crippen molar-refractivity contribution in [1.82, 2.24) is 14.5 Å². The van der Waals surface area contributed by atoms with Crippen LogP contribution in [0.3, 0.4) is 0 Å². The van der Waals surface area contributed by atoms with Gasteiger partial charge in [0.2, 0.25) is 5.75 Å². The van der Waals surface area contributed by atoms with E-state index in [9.17, 15) is 14.7 Å². The summed E-state index contributed by atoms with van der Waals surface area (Å²) in [6, 6.07) is 7.34. The lowest BCUT2D eigenvalue weighted by molar-refractivity contribution is -0.139. The number of aliphatic hydroxyl groups is 1. The van der Waals surface area contributed by atoms with E-state index in [-0.39, 0.29) is 17.9 Å². The van der Waals surface area contributed by atoms with Gasteiger partial charge in [0.25, 0.3) is 11.7 Å². The molecule has 2 aliphatic heterocycles. The first kappa shape index (κ1) is 26.0. The number of ketones is 1. The zero-order valence-electron chi connectivity index (χ0n) is 21.9. The molecule has 11 heteroatoms. The van der Waals surface area contributed by atoms with Gasteiger partial charge in [-0.1, -0.05) is 0 Å². The summed E-state index contributed by atoms with van der Waals surface area (Å²) in [5, 5.41) is 11.5. The summed E-state index contributed by atoms with van der Waals surface area (Å²) < 4.78 is 29.6. The van der Waals surface area contributed by atoms with Gasteiger partial charge in [0.15, 0.2) is 23.0 Å². The van der Waals surface area contributed by atoms with Gasteiger partial charge in [-0.15, -0.1) is 0 Å². The van der Waals surface area contributed by atoms with Crippen LogP contribution in [0.2, 0.25) is 0 Å². The number of aromatic nitrogens is 2. The number of hydrogen-bond acceptors (Lipinski definition) is 9. The van der Waals surface area contributed by atoms with Gasteiger partial charge in [-0.05, 0) is 42.3 Å². The fourth-order valence-electron chi connectivity index (χ4n) is 4.91. The molecule has 0 aliphatic carbocycles. The zero-order valence-corrected chi connectivity index (χ0v) is 21.9. The number of benzene rings is 2. The minimum absolute atomic E-state index is 0.0476. The highest BCUT2D eigenvalue weighted by atomic mass is 16.6. The van der Waals surface area contributed by atoms with Crippen LogP contribution in [0.15, 0.2) is 54.6 Å². The maximum absolute atomic E-state index is 13.5. The van der Waals surface area contributed by atoms with Crippen molar-refractivity contribution in [3.8, 4) is 28.7 Å². The van der Waals surface area contributed by atoms with E-state index in [1.165, 1.54) is 26.2 Å². The lowest BCUT2D eigenvalue weighted by Crippen LogP contribution is -2.31. The van der Waals surface area contributed by atoms with E-state index in [0.717, 1.165) is 0 Å². The number of aryl methyl sites for hydroxylation is 1. The molecule has 1 aromatic heterocycles. The number of likely N-dealkylation sites (tertiary alicyclic amines) is 1. The Morgan fingerprint density at radius 3 is 2.36 bits per heavy atom. The van der Waals surface area contributed by atoms with E-state index in [2.05, 4.69) is 4.98 Å². The third kappa shape index (κ3) is 4.83. The summed E-state index contributed by atoms with van der Waals surface area (Å²) in [7, 11) is 4.46. The third-order valence-electron chi connectivity index (χ3n) is 6.73. The van der Waals surface area contributed by atoms with Crippen LogP contribution in [-0.2, 0) is 16.1 Å². The summed E-state index contributed by atoms with van der Waals surface area (Å²) in [6.07, 6.45) is 5.74. The van der Waals surface area contributed by atoms with Crippen LogP contribution >= 0.6 is 0 Å². The number of nitrogens with zero attached hydrogens (tertiary/aromatic N) is 3. The first-order valence-electron chi connectivity index (χ1n) is 12.4. The second-order valence-electron chi connectivity index (χ2n) is 8.96. The number of imidazole rings is 1. The molecule has 11 nitrogen and oxygen atoms in total. The van der Waals surface area contributed by atoms with Gasteiger partial charge in [0, 0.05) is 31.0 Å². The van der Waals surface area contributed by atoms with E-state index in [0.29, 0.717) is 66.1 Å². The molecule has 5 rings (SSSR count). The van der Waals surface area contributed by atoms with Crippen LogP contribution in [0.1, 0.15) is 23.6 Å². The molecule has 1 saturated heterocycles. The number of methoxy groups -OCH3 is 3. The highest BCUT2D eigenvalue weighted by Gasteiger charge is 2.46. The van der Waals surface area contributed by atoms with Gasteiger partial charge in [-0.25, -0.2) is 4.98 Å². The molecule has 2 aliphatic rings. The Morgan fingerprint density at radius 1 is 1.00 bits per heavy atom. The quantitative estimate of drug-likeness (QED) is 0.250. The van der Waals surface area contributed by atoms with Gasteiger partial charge in [-0.3, -0.25) is 9.59 Å². The number of amides is 1. The van der Waals surface area contributed by atoms with Crippen LogP contribution in [-0.4, -0.2) is 72.3 Å². The summed E-state index contributed by atoms with van der Waals surface area (Å²) in [5.41, 5.74) is 0.798. The van der Waals surface area contributed by atoms with Crippen molar-refractivity contribution in [2.24, 2.45) is 0 Å². The lowest BCUT2D eigenvalue weighted by Gasteiger charge is -2.27. The maximum atomic E-state index is 13.5. The Hall–Kier alpha value is -4.67. The number of fused-ring (bicyclic) bond motifs is 1. The molecule has 3 heterocycles. The third-order valence-corrected chi connectivity index (χ3v) is 6.73. The second kappa shape index (κ2) is 11.0. The van der Waals surface area contributed by atoms with Crippen LogP contribution in [0.25, 0.3) is 5.76 Å². The Morgan fingerprint density at radius 2 is 1.72 bits per heavy atom. The topological polar surface area (TPSA) is 122 Å². The molecule has 1 fully saturated rings. The Bertz CT molecular complexity index is 1390.